The maximum Gasteiger partial charge on any atom is 0.416 e. The van der Waals surface area contributed by atoms with Gasteiger partial charge in [0.2, 0.25) is 0 Å². The van der Waals surface area contributed by atoms with Crippen LogP contribution >= 0.6 is 0 Å². The second kappa shape index (κ2) is 8.80. The molecule has 0 unspecified atom stereocenters. The highest BCUT2D eigenvalue weighted by molar-refractivity contribution is 6.21. The number of halogens is 3. The maximum atomic E-state index is 12.9. The van der Waals surface area contributed by atoms with Crippen LogP contribution in [0.15, 0.2) is 48.5 Å². The number of nitrogens with zero attached hydrogens (tertiary/aromatic N) is 3. The lowest BCUT2D eigenvalue weighted by Crippen LogP contribution is -2.46. The van der Waals surface area contributed by atoms with Gasteiger partial charge in [0.15, 0.2) is 0 Å². The molecule has 5 nitrogen and oxygen atoms in total. The first-order chi connectivity index (χ1) is 14.8. The van der Waals surface area contributed by atoms with Crippen LogP contribution in [0.25, 0.3) is 0 Å². The first-order valence-corrected chi connectivity index (χ1v) is 10.4. The van der Waals surface area contributed by atoms with E-state index < -0.39 is 11.7 Å². The molecule has 0 bridgehead atoms. The van der Waals surface area contributed by atoms with Crippen molar-refractivity contribution in [3.63, 3.8) is 0 Å². The van der Waals surface area contributed by atoms with E-state index in [0.29, 0.717) is 36.2 Å². The van der Waals surface area contributed by atoms with Crippen molar-refractivity contribution in [3.8, 4) is 0 Å². The molecule has 1 saturated heterocycles. The quantitative estimate of drug-likeness (QED) is 0.657. The first-order valence-electron chi connectivity index (χ1n) is 10.4. The highest BCUT2D eigenvalue weighted by Crippen LogP contribution is 2.30. The van der Waals surface area contributed by atoms with Crippen molar-refractivity contribution in [1.82, 2.24) is 14.7 Å². The number of rotatable bonds is 6. The fourth-order valence-electron chi connectivity index (χ4n) is 4.17. The zero-order valence-corrected chi connectivity index (χ0v) is 17.1. The van der Waals surface area contributed by atoms with Crippen LogP contribution in [0.2, 0.25) is 0 Å². The van der Waals surface area contributed by atoms with Gasteiger partial charge in [-0.15, -0.1) is 0 Å². The van der Waals surface area contributed by atoms with Gasteiger partial charge in [0.05, 0.1) is 16.7 Å². The van der Waals surface area contributed by atoms with E-state index in [4.69, 9.17) is 0 Å². The van der Waals surface area contributed by atoms with Gasteiger partial charge in [0.1, 0.15) is 0 Å². The molecule has 0 saturated carbocycles. The largest absolute Gasteiger partial charge is 0.416 e. The highest BCUT2D eigenvalue weighted by Gasteiger charge is 2.34. The number of fused-ring (bicyclic) bond motifs is 1. The van der Waals surface area contributed by atoms with Crippen LogP contribution in [-0.4, -0.2) is 65.8 Å². The Morgan fingerprint density at radius 3 is 2.00 bits per heavy atom. The minimum absolute atomic E-state index is 0.230. The highest BCUT2D eigenvalue weighted by atomic mass is 19.4. The first kappa shape index (κ1) is 21.5. The minimum Gasteiger partial charge on any atom is -0.301 e. The summed E-state index contributed by atoms with van der Waals surface area (Å²) in [5.41, 5.74) is 0.983. The summed E-state index contributed by atoms with van der Waals surface area (Å²) in [4.78, 5) is 30.5. The molecule has 8 heteroatoms. The lowest BCUT2D eigenvalue weighted by Gasteiger charge is -2.35. The molecule has 31 heavy (non-hydrogen) atoms. The fourth-order valence-corrected chi connectivity index (χ4v) is 4.17. The molecule has 2 aliphatic heterocycles. The summed E-state index contributed by atoms with van der Waals surface area (Å²) in [5.74, 6) is -0.460. The molecule has 4 rings (SSSR count). The zero-order chi connectivity index (χ0) is 22.0. The standard InChI is InChI=1S/C23H24F3N3O2/c24-23(25,26)18-6-3-5-17(15-18)16-28-13-11-27(12-14-28)9-4-10-29-21(30)19-7-1-2-8-20(19)22(29)31/h1-3,5-8,15H,4,9-14,16H2. The molecular formula is C23H24F3N3O2. The Kier molecular flexibility index (Phi) is 6.11. The molecule has 0 aromatic heterocycles. The molecule has 2 aromatic rings. The predicted molar refractivity (Wildman–Crippen MR) is 110 cm³/mol. The van der Waals surface area contributed by atoms with E-state index in [1.54, 1.807) is 30.3 Å². The summed E-state index contributed by atoms with van der Waals surface area (Å²) in [6, 6.07) is 12.4. The minimum atomic E-state index is -4.33. The van der Waals surface area contributed by atoms with Crippen LogP contribution in [0.5, 0.6) is 0 Å². The third kappa shape index (κ3) is 4.80. The third-order valence-electron chi connectivity index (χ3n) is 5.86. The Labute approximate surface area is 179 Å². The number of piperazine rings is 1. The van der Waals surface area contributed by atoms with Crippen molar-refractivity contribution >= 4 is 11.8 Å². The second-order valence-electron chi connectivity index (χ2n) is 7.98. The van der Waals surface area contributed by atoms with E-state index in [2.05, 4.69) is 9.80 Å². The molecule has 0 radical (unpaired) electrons. The zero-order valence-electron chi connectivity index (χ0n) is 17.1. The Hall–Kier alpha value is -2.71. The monoisotopic (exact) mass is 431 g/mol. The van der Waals surface area contributed by atoms with Crippen LogP contribution in [0.1, 0.15) is 38.3 Å². The van der Waals surface area contributed by atoms with E-state index in [0.717, 1.165) is 38.8 Å². The Bertz CT molecular complexity index is 934. The van der Waals surface area contributed by atoms with Gasteiger partial charge in [-0.2, -0.15) is 13.2 Å². The maximum absolute atomic E-state index is 12.9. The number of imide groups is 1. The van der Waals surface area contributed by atoms with E-state index in [9.17, 15) is 22.8 Å². The summed E-state index contributed by atoms with van der Waals surface area (Å²) in [6.07, 6.45) is -3.63. The molecule has 164 valence electrons. The summed E-state index contributed by atoms with van der Waals surface area (Å²) in [7, 11) is 0. The van der Waals surface area contributed by atoms with Gasteiger partial charge in [-0.3, -0.25) is 19.4 Å². The van der Waals surface area contributed by atoms with E-state index >= 15 is 0 Å². The SMILES string of the molecule is O=C1c2ccccc2C(=O)N1CCCN1CCN(Cc2cccc(C(F)(F)F)c2)CC1. The van der Waals surface area contributed by atoms with Gasteiger partial charge in [-0.05, 0) is 36.7 Å². The Balaban J connectivity index is 1.22. The van der Waals surface area contributed by atoms with Gasteiger partial charge in [0, 0.05) is 39.3 Å². The van der Waals surface area contributed by atoms with Crippen LogP contribution in [0.4, 0.5) is 13.2 Å². The molecule has 0 spiro atoms. The average molecular weight is 431 g/mol. The van der Waals surface area contributed by atoms with Crippen molar-refractivity contribution in [1.29, 1.82) is 0 Å². The third-order valence-corrected chi connectivity index (χ3v) is 5.86. The Morgan fingerprint density at radius 2 is 1.39 bits per heavy atom. The molecule has 2 amide bonds. The number of alkyl halides is 3. The van der Waals surface area contributed by atoms with Gasteiger partial charge in [0.25, 0.3) is 11.8 Å². The number of hydrogen-bond donors (Lipinski definition) is 0. The van der Waals surface area contributed by atoms with Gasteiger partial charge in [-0.1, -0.05) is 30.3 Å². The number of amides is 2. The molecule has 1 fully saturated rings. The van der Waals surface area contributed by atoms with Crippen LogP contribution in [0, 0.1) is 0 Å². The van der Waals surface area contributed by atoms with Crippen LogP contribution < -0.4 is 0 Å². The summed E-state index contributed by atoms with van der Waals surface area (Å²) in [5, 5.41) is 0. The summed E-state index contributed by atoms with van der Waals surface area (Å²) < 4.78 is 38.7. The van der Waals surface area contributed by atoms with E-state index in [1.165, 1.54) is 17.0 Å². The van der Waals surface area contributed by atoms with Crippen molar-refractivity contribution in [2.45, 2.75) is 19.1 Å². The normalized spacial score (nSPS) is 18.0. The topological polar surface area (TPSA) is 43.9 Å². The molecule has 0 N–H and O–H groups in total. The average Bonchev–Trinajstić information content (AvgIpc) is 3.00. The van der Waals surface area contributed by atoms with Crippen molar-refractivity contribution in [3.05, 3.63) is 70.8 Å². The predicted octanol–water partition coefficient (Wildman–Crippen LogP) is 3.51. The number of carbonyl (C=O) groups is 2. The van der Waals surface area contributed by atoms with Crippen molar-refractivity contribution < 1.29 is 22.8 Å². The molecule has 2 aromatic carbocycles. The smallest absolute Gasteiger partial charge is 0.301 e. The van der Waals surface area contributed by atoms with Crippen molar-refractivity contribution in [2.75, 3.05) is 39.3 Å². The van der Waals surface area contributed by atoms with Gasteiger partial charge in [-0.25, -0.2) is 0 Å². The summed E-state index contributed by atoms with van der Waals surface area (Å²) >= 11 is 0. The molecule has 2 heterocycles. The molecule has 0 aliphatic carbocycles. The molecular weight excluding hydrogens is 407 g/mol. The lowest BCUT2D eigenvalue weighted by atomic mass is 10.1. The van der Waals surface area contributed by atoms with Crippen LogP contribution in [-0.2, 0) is 12.7 Å². The van der Waals surface area contributed by atoms with Gasteiger partial charge >= 0.3 is 6.18 Å². The van der Waals surface area contributed by atoms with Crippen molar-refractivity contribution in [2.24, 2.45) is 0 Å². The fraction of sp³-hybridized carbons (Fsp3) is 0.391. The van der Waals surface area contributed by atoms with Gasteiger partial charge < -0.3 is 4.90 Å². The van der Waals surface area contributed by atoms with E-state index in [-0.39, 0.29) is 11.8 Å². The number of carbonyl (C=O) groups excluding carboxylic acids is 2. The van der Waals surface area contributed by atoms with E-state index in [1.807, 2.05) is 0 Å². The summed E-state index contributed by atoms with van der Waals surface area (Å²) in [6.45, 7) is 4.79. The van der Waals surface area contributed by atoms with Crippen LogP contribution in [0.3, 0.4) is 0 Å². The molecule has 2 aliphatic rings. The Morgan fingerprint density at radius 1 is 0.774 bits per heavy atom. The number of hydrogen-bond acceptors (Lipinski definition) is 4. The molecule has 0 atom stereocenters. The number of benzene rings is 2. The second-order valence-corrected chi connectivity index (χ2v) is 7.98. The lowest BCUT2D eigenvalue weighted by molar-refractivity contribution is -0.137.